The number of nitrogens with zero attached hydrogens (tertiary/aromatic N) is 2. The lowest BCUT2D eigenvalue weighted by molar-refractivity contribution is -0.140. The molecule has 0 saturated carbocycles. The molecule has 1 heterocycles. The summed E-state index contributed by atoms with van der Waals surface area (Å²) in [6, 6.07) is 22.5. The molecular formula is C30H35N3O6S. The molecule has 1 N–H and O–H groups in total. The monoisotopic (exact) mass is 565 g/mol. The van der Waals surface area contributed by atoms with E-state index in [2.05, 4.69) is 5.32 Å². The standard InChI is InChI=1S/C30H35N3O6S/c1-22(2)31-30(35)26(18-23-10-6-4-7-11-23)32(20-24-12-8-5-9-13-24)29(34)21-33(40(3,36)37)25-14-15-27-28(19-25)39-17-16-38-27/h4-15,19,22,26H,16-18,20-21H2,1-3H3,(H,31,35)/t26-/m1/s1. The highest BCUT2D eigenvalue weighted by molar-refractivity contribution is 7.92. The number of ether oxygens (including phenoxy) is 2. The lowest BCUT2D eigenvalue weighted by Crippen LogP contribution is -2.54. The second-order valence-corrected chi connectivity index (χ2v) is 11.9. The maximum absolute atomic E-state index is 14.1. The molecule has 3 aromatic carbocycles. The van der Waals surface area contributed by atoms with E-state index in [9.17, 15) is 18.0 Å². The Kier molecular flexibility index (Phi) is 9.31. The average Bonchev–Trinajstić information content (AvgIpc) is 2.93. The van der Waals surface area contributed by atoms with E-state index >= 15 is 0 Å². The van der Waals surface area contributed by atoms with Crippen LogP contribution in [0.1, 0.15) is 25.0 Å². The fourth-order valence-electron chi connectivity index (χ4n) is 4.52. The van der Waals surface area contributed by atoms with E-state index < -0.39 is 28.5 Å². The van der Waals surface area contributed by atoms with E-state index in [1.807, 2.05) is 74.5 Å². The molecule has 3 aromatic rings. The summed E-state index contributed by atoms with van der Waals surface area (Å²) in [5, 5.41) is 2.94. The second-order valence-electron chi connectivity index (χ2n) is 9.97. The molecule has 0 bridgehead atoms. The number of benzene rings is 3. The molecule has 0 fully saturated rings. The van der Waals surface area contributed by atoms with Crippen LogP contribution in [0.5, 0.6) is 11.5 Å². The van der Waals surface area contributed by atoms with Crippen LogP contribution in [0.25, 0.3) is 0 Å². The summed E-state index contributed by atoms with van der Waals surface area (Å²) >= 11 is 0. The zero-order chi connectivity index (χ0) is 28.7. The largest absolute Gasteiger partial charge is 0.486 e. The van der Waals surface area contributed by atoms with Gasteiger partial charge in [-0.15, -0.1) is 0 Å². The van der Waals surface area contributed by atoms with E-state index in [0.717, 1.165) is 21.7 Å². The summed E-state index contributed by atoms with van der Waals surface area (Å²) in [5.74, 6) is 0.0930. The van der Waals surface area contributed by atoms with Crippen LogP contribution in [-0.2, 0) is 32.6 Å². The van der Waals surface area contributed by atoms with Crippen LogP contribution in [0.2, 0.25) is 0 Å². The van der Waals surface area contributed by atoms with Gasteiger partial charge in [0.1, 0.15) is 25.8 Å². The first-order valence-corrected chi connectivity index (χ1v) is 15.0. The molecule has 40 heavy (non-hydrogen) atoms. The molecular weight excluding hydrogens is 530 g/mol. The predicted octanol–water partition coefficient (Wildman–Crippen LogP) is 3.39. The van der Waals surface area contributed by atoms with Crippen LogP contribution in [0, 0.1) is 0 Å². The Bertz CT molecular complexity index is 1410. The van der Waals surface area contributed by atoms with E-state index in [1.165, 1.54) is 4.90 Å². The minimum absolute atomic E-state index is 0.126. The lowest BCUT2D eigenvalue weighted by Gasteiger charge is -2.34. The Morgan fingerprint density at radius 1 is 0.875 bits per heavy atom. The number of sulfonamides is 1. The Balaban J connectivity index is 1.71. The second kappa shape index (κ2) is 12.9. The molecule has 0 saturated heterocycles. The molecule has 212 valence electrons. The Hall–Kier alpha value is -4.05. The molecule has 0 spiro atoms. The van der Waals surface area contributed by atoms with Gasteiger partial charge in [-0.3, -0.25) is 13.9 Å². The third-order valence-electron chi connectivity index (χ3n) is 6.39. The molecule has 4 rings (SSSR count). The maximum Gasteiger partial charge on any atom is 0.244 e. The Labute approximate surface area is 235 Å². The molecule has 2 amide bonds. The number of amides is 2. The first-order valence-electron chi connectivity index (χ1n) is 13.2. The molecule has 1 aliphatic heterocycles. The minimum atomic E-state index is -3.88. The molecule has 10 heteroatoms. The van der Waals surface area contributed by atoms with Crippen molar-refractivity contribution in [2.75, 3.05) is 30.3 Å². The summed E-state index contributed by atoms with van der Waals surface area (Å²) in [5.41, 5.74) is 1.96. The van der Waals surface area contributed by atoms with Crippen molar-refractivity contribution in [2.24, 2.45) is 0 Å². The van der Waals surface area contributed by atoms with Crippen molar-refractivity contribution >= 4 is 27.5 Å². The molecule has 0 radical (unpaired) electrons. The van der Waals surface area contributed by atoms with Crippen LogP contribution in [0.15, 0.2) is 78.9 Å². The minimum Gasteiger partial charge on any atom is -0.486 e. The first kappa shape index (κ1) is 28.9. The van der Waals surface area contributed by atoms with Gasteiger partial charge in [-0.1, -0.05) is 60.7 Å². The highest BCUT2D eigenvalue weighted by Crippen LogP contribution is 2.34. The number of nitrogens with one attached hydrogen (secondary N) is 1. The van der Waals surface area contributed by atoms with Gasteiger partial charge in [0.15, 0.2) is 11.5 Å². The van der Waals surface area contributed by atoms with Gasteiger partial charge in [-0.05, 0) is 37.1 Å². The number of carbonyl (C=O) groups excluding carboxylic acids is 2. The predicted molar refractivity (Wildman–Crippen MR) is 154 cm³/mol. The summed E-state index contributed by atoms with van der Waals surface area (Å²) in [6.07, 6.45) is 1.31. The van der Waals surface area contributed by atoms with Gasteiger partial charge in [0, 0.05) is 25.1 Å². The number of hydrogen-bond donors (Lipinski definition) is 1. The van der Waals surface area contributed by atoms with Crippen molar-refractivity contribution in [2.45, 2.75) is 38.9 Å². The van der Waals surface area contributed by atoms with Gasteiger partial charge in [0.05, 0.1) is 11.9 Å². The quantitative estimate of drug-likeness (QED) is 0.382. The van der Waals surface area contributed by atoms with Crippen LogP contribution in [-0.4, -0.2) is 63.2 Å². The van der Waals surface area contributed by atoms with Crippen molar-refractivity contribution in [3.63, 3.8) is 0 Å². The topological polar surface area (TPSA) is 105 Å². The van der Waals surface area contributed by atoms with Gasteiger partial charge in [-0.25, -0.2) is 8.42 Å². The number of anilines is 1. The summed E-state index contributed by atoms with van der Waals surface area (Å²) in [4.78, 5) is 29.1. The molecule has 1 atom stereocenters. The van der Waals surface area contributed by atoms with Gasteiger partial charge in [0.25, 0.3) is 0 Å². The van der Waals surface area contributed by atoms with Crippen molar-refractivity contribution in [3.8, 4) is 11.5 Å². The molecule has 0 aromatic heterocycles. The normalized spacial score (nSPS) is 13.4. The van der Waals surface area contributed by atoms with Crippen molar-refractivity contribution < 1.29 is 27.5 Å². The Morgan fingerprint density at radius 3 is 2.08 bits per heavy atom. The third-order valence-corrected chi connectivity index (χ3v) is 7.53. The zero-order valence-electron chi connectivity index (χ0n) is 22.9. The van der Waals surface area contributed by atoms with E-state index in [1.54, 1.807) is 18.2 Å². The van der Waals surface area contributed by atoms with E-state index in [4.69, 9.17) is 9.47 Å². The van der Waals surface area contributed by atoms with E-state index in [-0.39, 0.29) is 30.6 Å². The van der Waals surface area contributed by atoms with E-state index in [0.29, 0.717) is 24.7 Å². The van der Waals surface area contributed by atoms with Gasteiger partial charge < -0.3 is 19.7 Å². The molecule has 9 nitrogen and oxygen atoms in total. The number of rotatable bonds is 11. The fraction of sp³-hybridized carbons (Fsp3) is 0.333. The van der Waals surface area contributed by atoms with Crippen LogP contribution >= 0.6 is 0 Å². The van der Waals surface area contributed by atoms with Crippen LogP contribution in [0.3, 0.4) is 0 Å². The highest BCUT2D eigenvalue weighted by Gasteiger charge is 2.33. The number of fused-ring (bicyclic) bond motifs is 1. The summed E-state index contributed by atoms with van der Waals surface area (Å²) in [7, 11) is -3.88. The summed E-state index contributed by atoms with van der Waals surface area (Å²) < 4.78 is 38.2. The third kappa shape index (κ3) is 7.53. The van der Waals surface area contributed by atoms with Gasteiger partial charge in [0.2, 0.25) is 21.8 Å². The molecule has 0 unspecified atom stereocenters. The fourth-order valence-corrected chi connectivity index (χ4v) is 5.36. The molecule has 1 aliphatic rings. The Morgan fingerprint density at radius 2 is 1.48 bits per heavy atom. The average molecular weight is 566 g/mol. The maximum atomic E-state index is 14.1. The van der Waals surface area contributed by atoms with Crippen molar-refractivity contribution in [3.05, 3.63) is 90.0 Å². The highest BCUT2D eigenvalue weighted by atomic mass is 32.2. The SMILES string of the molecule is CC(C)NC(=O)[C@@H](Cc1ccccc1)N(Cc1ccccc1)C(=O)CN(c1ccc2c(c1)OCCO2)S(C)(=O)=O. The van der Waals surface area contributed by atoms with Gasteiger partial charge >= 0.3 is 0 Å². The van der Waals surface area contributed by atoms with Crippen molar-refractivity contribution in [1.29, 1.82) is 0 Å². The summed E-state index contributed by atoms with van der Waals surface area (Å²) in [6.45, 7) is 4.08. The number of hydrogen-bond acceptors (Lipinski definition) is 6. The van der Waals surface area contributed by atoms with Gasteiger partial charge in [-0.2, -0.15) is 0 Å². The zero-order valence-corrected chi connectivity index (χ0v) is 23.8. The smallest absolute Gasteiger partial charge is 0.244 e. The number of carbonyl (C=O) groups is 2. The molecule has 0 aliphatic carbocycles. The lowest BCUT2D eigenvalue weighted by atomic mass is 10.0. The van der Waals surface area contributed by atoms with Crippen LogP contribution in [0.4, 0.5) is 5.69 Å². The first-order chi connectivity index (χ1) is 19.1. The van der Waals surface area contributed by atoms with Crippen LogP contribution < -0.4 is 19.1 Å². The van der Waals surface area contributed by atoms with Crippen molar-refractivity contribution in [1.82, 2.24) is 10.2 Å².